The summed E-state index contributed by atoms with van der Waals surface area (Å²) in [4.78, 5) is 0. The zero-order valence-corrected chi connectivity index (χ0v) is 11.7. The van der Waals surface area contributed by atoms with Gasteiger partial charge in [0.1, 0.15) is 0 Å². The summed E-state index contributed by atoms with van der Waals surface area (Å²) in [5.74, 6) is 1.47. The van der Waals surface area contributed by atoms with Crippen LogP contribution in [0.1, 0.15) is 27.2 Å². The molecule has 0 aromatic carbocycles. The van der Waals surface area contributed by atoms with Crippen molar-refractivity contribution in [3.63, 3.8) is 0 Å². The Morgan fingerprint density at radius 1 is 1.20 bits per heavy atom. The molecule has 1 nitrogen and oxygen atoms in total. The molecule has 1 aliphatic carbocycles. The Hall–Kier alpha value is -0.0831. The Bertz CT molecular complexity index is 275. The Morgan fingerprint density at radius 3 is 2.47 bits per heavy atom. The SMILES string of the molecule is CC(C)(C)[C@@H]1C=C[C@@H]2CO[Si](C)(C)[C@H]2C1. The second kappa shape index (κ2) is 3.46. The van der Waals surface area contributed by atoms with Crippen LogP contribution in [0.5, 0.6) is 0 Å². The fraction of sp³-hybridized carbons (Fsp3) is 0.846. The van der Waals surface area contributed by atoms with Crippen molar-refractivity contribution in [2.24, 2.45) is 17.3 Å². The number of hydrogen-bond acceptors (Lipinski definition) is 1. The van der Waals surface area contributed by atoms with Crippen molar-refractivity contribution in [1.29, 1.82) is 0 Å². The predicted molar refractivity (Wildman–Crippen MR) is 67.4 cm³/mol. The summed E-state index contributed by atoms with van der Waals surface area (Å²) in [6.07, 6.45) is 6.23. The van der Waals surface area contributed by atoms with Crippen molar-refractivity contribution in [3.05, 3.63) is 12.2 Å². The zero-order valence-electron chi connectivity index (χ0n) is 10.7. The Morgan fingerprint density at radius 2 is 1.87 bits per heavy atom. The number of fused-ring (bicyclic) bond motifs is 1. The molecule has 3 atom stereocenters. The molecule has 2 aliphatic rings. The summed E-state index contributed by atoms with van der Waals surface area (Å²) in [6, 6.07) is 0. The molecule has 0 spiro atoms. The maximum absolute atomic E-state index is 6.04. The Balaban J connectivity index is 2.18. The number of allylic oxidation sites excluding steroid dienone is 1. The third kappa shape index (κ3) is 2.07. The molecule has 0 aromatic heterocycles. The lowest BCUT2D eigenvalue weighted by molar-refractivity contribution is 0.252. The van der Waals surface area contributed by atoms with E-state index in [1.54, 1.807) is 0 Å². The van der Waals surface area contributed by atoms with Gasteiger partial charge in [-0.3, -0.25) is 0 Å². The van der Waals surface area contributed by atoms with Crippen molar-refractivity contribution >= 4 is 8.32 Å². The topological polar surface area (TPSA) is 9.23 Å². The van der Waals surface area contributed by atoms with Crippen LogP contribution in [0.25, 0.3) is 0 Å². The summed E-state index contributed by atoms with van der Waals surface area (Å²) >= 11 is 0. The molecule has 0 saturated carbocycles. The first-order valence-corrected chi connectivity index (χ1v) is 9.11. The third-order valence-electron chi connectivity index (χ3n) is 4.27. The Labute approximate surface area is 95.0 Å². The first kappa shape index (κ1) is 11.4. The van der Waals surface area contributed by atoms with Gasteiger partial charge < -0.3 is 4.43 Å². The molecular weight excluding hydrogens is 200 g/mol. The molecular formula is C13H24OSi. The fourth-order valence-corrected chi connectivity index (χ4v) is 5.87. The quantitative estimate of drug-likeness (QED) is 0.449. The molecule has 15 heavy (non-hydrogen) atoms. The van der Waals surface area contributed by atoms with E-state index in [9.17, 15) is 0 Å². The van der Waals surface area contributed by atoms with Crippen LogP contribution in [0, 0.1) is 17.3 Å². The number of rotatable bonds is 0. The minimum Gasteiger partial charge on any atom is -0.416 e. The average Bonchev–Trinajstić information content (AvgIpc) is 2.41. The lowest BCUT2D eigenvalue weighted by Crippen LogP contribution is -2.35. The molecule has 1 heterocycles. The highest BCUT2D eigenvalue weighted by molar-refractivity contribution is 6.73. The van der Waals surface area contributed by atoms with E-state index in [2.05, 4.69) is 46.0 Å². The van der Waals surface area contributed by atoms with Gasteiger partial charge in [0, 0.05) is 12.5 Å². The van der Waals surface area contributed by atoms with Gasteiger partial charge in [0.15, 0.2) is 8.32 Å². The van der Waals surface area contributed by atoms with Crippen LogP contribution < -0.4 is 0 Å². The van der Waals surface area contributed by atoms with Crippen molar-refractivity contribution in [2.75, 3.05) is 6.61 Å². The van der Waals surface area contributed by atoms with Gasteiger partial charge in [-0.1, -0.05) is 32.9 Å². The highest BCUT2D eigenvalue weighted by Crippen LogP contribution is 2.49. The summed E-state index contributed by atoms with van der Waals surface area (Å²) in [5, 5.41) is 0. The molecule has 0 aromatic rings. The second-order valence-corrected chi connectivity index (χ2v) is 11.0. The van der Waals surface area contributed by atoms with E-state index >= 15 is 0 Å². The maximum Gasteiger partial charge on any atom is 0.190 e. The van der Waals surface area contributed by atoms with Crippen molar-refractivity contribution in [2.45, 2.75) is 45.8 Å². The van der Waals surface area contributed by atoms with Crippen LogP contribution in [0.15, 0.2) is 12.2 Å². The first-order valence-electron chi connectivity index (χ1n) is 6.13. The second-order valence-electron chi connectivity index (χ2n) is 6.78. The van der Waals surface area contributed by atoms with E-state index in [-0.39, 0.29) is 0 Å². The molecule has 0 amide bonds. The normalized spacial score (nSPS) is 39.1. The summed E-state index contributed by atoms with van der Waals surface area (Å²) in [7, 11) is -1.37. The standard InChI is InChI=1S/C13H24OSi/c1-13(2,3)11-7-6-10-9-14-15(4,5)12(10)8-11/h6-7,10-12H,8-9H2,1-5H3/t10-,11-,12+/m1/s1. The molecule has 86 valence electrons. The summed E-state index contributed by atoms with van der Waals surface area (Å²) < 4.78 is 6.04. The van der Waals surface area contributed by atoms with E-state index in [1.165, 1.54) is 6.42 Å². The summed E-state index contributed by atoms with van der Waals surface area (Å²) in [5.41, 5.74) is 1.26. The maximum atomic E-state index is 6.04. The van der Waals surface area contributed by atoms with E-state index < -0.39 is 8.32 Å². The van der Waals surface area contributed by atoms with Crippen LogP contribution in [-0.2, 0) is 4.43 Å². The van der Waals surface area contributed by atoms with Crippen LogP contribution in [0.4, 0.5) is 0 Å². The van der Waals surface area contributed by atoms with Gasteiger partial charge in [-0.25, -0.2) is 0 Å². The minimum atomic E-state index is -1.37. The molecule has 1 fully saturated rings. The molecule has 1 saturated heterocycles. The highest BCUT2D eigenvalue weighted by atomic mass is 28.4. The first-order chi connectivity index (χ1) is 6.81. The molecule has 0 unspecified atom stereocenters. The van der Waals surface area contributed by atoms with Gasteiger partial charge in [-0.15, -0.1) is 0 Å². The van der Waals surface area contributed by atoms with E-state index in [4.69, 9.17) is 4.43 Å². The van der Waals surface area contributed by atoms with Gasteiger partial charge in [-0.05, 0) is 36.4 Å². The smallest absolute Gasteiger partial charge is 0.190 e. The van der Waals surface area contributed by atoms with E-state index in [0.717, 1.165) is 24.0 Å². The highest BCUT2D eigenvalue weighted by Gasteiger charge is 2.47. The van der Waals surface area contributed by atoms with Crippen molar-refractivity contribution < 1.29 is 4.43 Å². The lowest BCUT2D eigenvalue weighted by atomic mass is 9.73. The van der Waals surface area contributed by atoms with Crippen LogP contribution in [0.3, 0.4) is 0 Å². The van der Waals surface area contributed by atoms with Crippen LogP contribution in [-0.4, -0.2) is 14.9 Å². The van der Waals surface area contributed by atoms with Gasteiger partial charge in [0.25, 0.3) is 0 Å². The Kier molecular flexibility index (Phi) is 2.63. The largest absolute Gasteiger partial charge is 0.416 e. The van der Waals surface area contributed by atoms with Gasteiger partial charge >= 0.3 is 0 Å². The monoisotopic (exact) mass is 224 g/mol. The predicted octanol–water partition coefficient (Wildman–Crippen LogP) is 3.83. The number of hydrogen-bond donors (Lipinski definition) is 0. The van der Waals surface area contributed by atoms with E-state index in [0.29, 0.717) is 5.41 Å². The van der Waals surface area contributed by atoms with Gasteiger partial charge in [0.2, 0.25) is 0 Å². The van der Waals surface area contributed by atoms with Crippen molar-refractivity contribution in [3.8, 4) is 0 Å². The fourth-order valence-electron chi connectivity index (χ4n) is 2.97. The van der Waals surface area contributed by atoms with Gasteiger partial charge in [-0.2, -0.15) is 0 Å². The zero-order chi connectivity index (χ0) is 11.3. The van der Waals surface area contributed by atoms with Crippen LogP contribution in [0.2, 0.25) is 18.6 Å². The molecule has 2 rings (SSSR count). The average molecular weight is 224 g/mol. The van der Waals surface area contributed by atoms with Crippen LogP contribution >= 0.6 is 0 Å². The molecule has 0 radical (unpaired) electrons. The third-order valence-corrected chi connectivity index (χ3v) is 7.63. The lowest BCUT2D eigenvalue weighted by Gasteiger charge is -2.37. The van der Waals surface area contributed by atoms with E-state index in [1.807, 2.05) is 0 Å². The van der Waals surface area contributed by atoms with Crippen molar-refractivity contribution in [1.82, 2.24) is 0 Å². The summed E-state index contributed by atoms with van der Waals surface area (Å²) in [6.45, 7) is 12.8. The molecule has 0 bridgehead atoms. The molecule has 2 heteroatoms. The minimum absolute atomic E-state index is 0.411. The molecule has 1 aliphatic heterocycles. The molecule has 0 N–H and O–H groups in total. The van der Waals surface area contributed by atoms with Gasteiger partial charge in [0.05, 0.1) is 0 Å².